The fourth-order valence-electron chi connectivity index (χ4n) is 3.81. The molecule has 0 spiro atoms. The average molecular weight is 368 g/mol. The number of rotatable bonds is 4. The molecule has 2 heterocycles. The summed E-state index contributed by atoms with van der Waals surface area (Å²) in [6.07, 6.45) is -1.20. The molecule has 0 radical (unpaired) electrons. The first-order chi connectivity index (χ1) is 12.0. The van der Waals surface area contributed by atoms with E-state index >= 15 is 0 Å². The van der Waals surface area contributed by atoms with Crippen LogP contribution in [0.15, 0.2) is 12.1 Å². The Kier molecular flexibility index (Phi) is 4.10. The number of halogens is 2. The summed E-state index contributed by atoms with van der Waals surface area (Å²) in [4.78, 5) is 24.1. The Balaban J connectivity index is 1.51. The average Bonchev–Trinajstić information content (AvgIpc) is 2.90. The maximum absolute atomic E-state index is 14.6. The molecule has 5 nitrogen and oxygen atoms in total. The Bertz CT molecular complexity index is 712. The number of anilines is 1. The minimum absolute atomic E-state index is 0.0339. The van der Waals surface area contributed by atoms with Crippen molar-refractivity contribution in [2.24, 2.45) is 11.8 Å². The number of ether oxygens (including phenoxy) is 1. The molecule has 1 N–H and O–H groups in total. The third kappa shape index (κ3) is 2.96. The lowest BCUT2D eigenvalue weighted by molar-refractivity contribution is -0.119. The van der Waals surface area contributed by atoms with Crippen molar-refractivity contribution in [1.29, 1.82) is 0 Å². The minimum atomic E-state index is -0.665. The number of carbonyl (C=O) groups is 2. The van der Waals surface area contributed by atoms with Gasteiger partial charge < -0.3 is 10.1 Å². The highest BCUT2D eigenvalue weighted by Gasteiger charge is 2.55. The number of nitrogens with one attached hydrogen (secondary N) is 1. The number of cyclic esters (lactones) is 1. The van der Waals surface area contributed by atoms with Crippen molar-refractivity contribution in [3.63, 3.8) is 0 Å². The van der Waals surface area contributed by atoms with Crippen LogP contribution < -0.4 is 10.2 Å². The van der Waals surface area contributed by atoms with Gasteiger partial charge in [0.15, 0.2) is 0 Å². The summed E-state index contributed by atoms with van der Waals surface area (Å²) >= 11 is 1.83. The molecule has 2 amide bonds. The van der Waals surface area contributed by atoms with E-state index in [4.69, 9.17) is 4.74 Å². The lowest BCUT2D eigenvalue weighted by Gasteiger charge is -2.16. The van der Waals surface area contributed by atoms with Crippen LogP contribution >= 0.6 is 11.8 Å². The number of thioether (sulfide) groups is 1. The molecule has 1 unspecified atom stereocenters. The van der Waals surface area contributed by atoms with E-state index < -0.39 is 23.8 Å². The number of benzene rings is 1. The van der Waals surface area contributed by atoms with Gasteiger partial charge in [0.2, 0.25) is 5.91 Å². The fraction of sp³-hybridized carbons (Fsp3) is 0.529. The Morgan fingerprint density at radius 1 is 1.32 bits per heavy atom. The monoisotopic (exact) mass is 368 g/mol. The van der Waals surface area contributed by atoms with Gasteiger partial charge in [0.25, 0.3) is 0 Å². The summed E-state index contributed by atoms with van der Waals surface area (Å²) in [5.41, 5.74) is 0.302. The Morgan fingerprint density at radius 3 is 2.56 bits per heavy atom. The molecule has 1 aromatic carbocycles. The smallest absolute Gasteiger partial charge is 0.414 e. The zero-order valence-electron chi connectivity index (χ0n) is 13.6. The number of carbonyl (C=O) groups excluding carboxylic acids is 2. The van der Waals surface area contributed by atoms with Gasteiger partial charge in [0, 0.05) is 12.5 Å². The second-order valence-corrected chi connectivity index (χ2v) is 7.84. The molecule has 1 aliphatic carbocycles. The van der Waals surface area contributed by atoms with E-state index in [1.807, 2.05) is 11.8 Å². The summed E-state index contributed by atoms with van der Waals surface area (Å²) in [7, 11) is 0. The maximum Gasteiger partial charge on any atom is 0.414 e. The molecule has 134 valence electrons. The number of hydrogen-bond donors (Lipinski definition) is 1. The van der Waals surface area contributed by atoms with Gasteiger partial charge >= 0.3 is 6.09 Å². The van der Waals surface area contributed by atoms with Crippen LogP contribution in [0.1, 0.15) is 18.4 Å². The topological polar surface area (TPSA) is 58.6 Å². The van der Waals surface area contributed by atoms with Gasteiger partial charge in [-0.15, -0.1) is 0 Å². The van der Waals surface area contributed by atoms with Gasteiger partial charge in [-0.05, 0) is 41.4 Å². The summed E-state index contributed by atoms with van der Waals surface area (Å²) in [5.74, 6) is 1.20. The highest BCUT2D eigenvalue weighted by Crippen LogP contribution is 2.62. The third-order valence-corrected chi connectivity index (χ3v) is 6.35. The van der Waals surface area contributed by atoms with Crippen LogP contribution in [0.3, 0.4) is 0 Å². The second kappa shape index (κ2) is 6.16. The van der Waals surface area contributed by atoms with Crippen LogP contribution in [0.25, 0.3) is 0 Å². The highest BCUT2D eigenvalue weighted by molar-refractivity contribution is 7.99. The van der Waals surface area contributed by atoms with Crippen molar-refractivity contribution in [2.75, 3.05) is 29.5 Å². The molecular weight excluding hydrogens is 350 g/mol. The lowest BCUT2D eigenvalue weighted by Crippen LogP contribution is -2.33. The molecule has 1 aromatic rings. The van der Waals surface area contributed by atoms with Gasteiger partial charge in [-0.1, -0.05) is 0 Å². The summed E-state index contributed by atoms with van der Waals surface area (Å²) in [5, 5.41) is 2.56. The highest BCUT2D eigenvalue weighted by atomic mass is 32.2. The molecule has 2 saturated heterocycles. The van der Waals surface area contributed by atoms with Crippen molar-refractivity contribution in [2.45, 2.75) is 18.9 Å². The Hall–Kier alpha value is -1.83. The molecule has 3 aliphatic rings. The van der Waals surface area contributed by atoms with E-state index in [2.05, 4.69) is 5.32 Å². The van der Waals surface area contributed by atoms with E-state index in [0.717, 1.165) is 11.5 Å². The maximum atomic E-state index is 14.6. The van der Waals surface area contributed by atoms with Crippen LogP contribution in [0.5, 0.6) is 0 Å². The molecular formula is C17H18F2N2O3S. The second-order valence-electron chi connectivity index (χ2n) is 6.77. The van der Waals surface area contributed by atoms with E-state index in [1.54, 1.807) is 0 Å². The minimum Gasteiger partial charge on any atom is -0.442 e. The van der Waals surface area contributed by atoms with Gasteiger partial charge in [0.05, 0.1) is 18.8 Å². The molecule has 8 heteroatoms. The molecule has 4 atom stereocenters. The van der Waals surface area contributed by atoms with Crippen LogP contribution in [0.2, 0.25) is 0 Å². The van der Waals surface area contributed by atoms with Crippen molar-refractivity contribution in [3.05, 3.63) is 29.3 Å². The normalized spacial score (nSPS) is 30.2. The summed E-state index contributed by atoms with van der Waals surface area (Å²) in [6, 6.07) is 2.42. The van der Waals surface area contributed by atoms with E-state index in [-0.39, 0.29) is 36.2 Å². The van der Waals surface area contributed by atoms with Gasteiger partial charge in [-0.2, -0.15) is 11.8 Å². The summed E-state index contributed by atoms with van der Waals surface area (Å²) in [6.45, 7) is 1.68. The predicted molar refractivity (Wildman–Crippen MR) is 89.7 cm³/mol. The van der Waals surface area contributed by atoms with Crippen LogP contribution in [-0.4, -0.2) is 42.7 Å². The van der Waals surface area contributed by atoms with Crippen molar-refractivity contribution >= 4 is 29.4 Å². The van der Waals surface area contributed by atoms with Crippen molar-refractivity contribution < 1.29 is 23.1 Å². The van der Waals surface area contributed by atoms with Gasteiger partial charge in [-0.3, -0.25) is 9.69 Å². The van der Waals surface area contributed by atoms with Crippen molar-refractivity contribution in [1.82, 2.24) is 5.32 Å². The van der Waals surface area contributed by atoms with Gasteiger partial charge in [0.1, 0.15) is 17.7 Å². The Morgan fingerprint density at radius 2 is 1.96 bits per heavy atom. The van der Waals surface area contributed by atoms with E-state index in [1.165, 1.54) is 24.0 Å². The standard InChI is InChI=1S/C17H18F2N2O3S/c1-8(22)20-4-10-5-21(17(23)24-10)9-2-13(18)16(14(19)3-9)15-11-6-25-7-12(11)15/h2-3,10-12,15H,4-7H2,1H3,(H,20,22)/t10-,11-,12+,15?/m0/s1. The van der Waals surface area contributed by atoms with Crippen LogP contribution in [0.4, 0.5) is 19.3 Å². The van der Waals surface area contributed by atoms with Crippen LogP contribution in [0, 0.1) is 23.5 Å². The number of hydrogen-bond acceptors (Lipinski definition) is 4. The SMILES string of the molecule is CC(=O)NC[C@H]1CN(c2cc(F)c(C3[C@H]4CSC[C@@H]34)c(F)c2)C(=O)O1. The first-order valence-electron chi connectivity index (χ1n) is 8.25. The molecule has 3 fully saturated rings. The zero-order valence-corrected chi connectivity index (χ0v) is 14.4. The first kappa shape index (κ1) is 16.6. The molecule has 1 saturated carbocycles. The lowest BCUT2D eigenvalue weighted by atomic mass is 10.1. The predicted octanol–water partition coefficient (Wildman–Crippen LogP) is 2.50. The number of fused-ring (bicyclic) bond motifs is 1. The molecule has 0 aromatic heterocycles. The molecule has 2 aliphatic heterocycles. The van der Waals surface area contributed by atoms with E-state index in [0.29, 0.717) is 11.8 Å². The first-order valence-corrected chi connectivity index (χ1v) is 9.40. The van der Waals surface area contributed by atoms with Crippen molar-refractivity contribution in [3.8, 4) is 0 Å². The Labute approximate surface area is 148 Å². The molecule has 4 rings (SSSR count). The quantitative estimate of drug-likeness (QED) is 0.887. The molecule has 0 bridgehead atoms. The molecule has 25 heavy (non-hydrogen) atoms. The zero-order chi connectivity index (χ0) is 17.7. The van der Waals surface area contributed by atoms with Gasteiger partial charge in [-0.25, -0.2) is 13.6 Å². The van der Waals surface area contributed by atoms with E-state index in [9.17, 15) is 18.4 Å². The summed E-state index contributed by atoms with van der Waals surface area (Å²) < 4.78 is 34.2. The third-order valence-electron chi connectivity index (χ3n) is 5.11. The number of amides is 2. The largest absolute Gasteiger partial charge is 0.442 e. The number of nitrogens with zero attached hydrogens (tertiary/aromatic N) is 1. The fourth-order valence-corrected chi connectivity index (χ4v) is 5.40. The van der Waals surface area contributed by atoms with Crippen LogP contribution in [-0.2, 0) is 9.53 Å².